The van der Waals surface area contributed by atoms with Crippen molar-refractivity contribution in [3.05, 3.63) is 70.3 Å². The number of benzene rings is 2. The lowest BCUT2D eigenvalue weighted by Gasteiger charge is -2.45. The van der Waals surface area contributed by atoms with Crippen LogP contribution >= 0.6 is 0 Å². The average molecular weight is 429 g/mol. The van der Waals surface area contributed by atoms with E-state index in [-0.39, 0.29) is 11.0 Å². The molecule has 0 amide bonds. The molecule has 31 heavy (non-hydrogen) atoms. The standard InChI is InChI=1S/C23H25NO6.H2O/c24-11-16-7-8-18(23(29)22(28)21(27)20(26)19(12-25)30-23)10-17(16)9-13-1-3-14(4-2-13)15-5-6-15;/h1-4,7-8,10,15,19-22,25-29H,5-6,9,12H2;1H2/t19-,20-,21+,22-,23-;/m1./s1. The van der Waals surface area contributed by atoms with E-state index < -0.39 is 36.8 Å². The fourth-order valence-electron chi connectivity index (χ4n) is 4.01. The Morgan fingerprint density at radius 1 is 1.03 bits per heavy atom. The van der Waals surface area contributed by atoms with Crippen LogP contribution in [0.1, 0.15) is 46.6 Å². The van der Waals surface area contributed by atoms with Crippen LogP contribution in [0.25, 0.3) is 0 Å². The highest BCUT2D eigenvalue weighted by atomic mass is 16.7. The molecule has 2 aliphatic rings. The van der Waals surface area contributed by atoms with Crippen LogP contribution in [0.2, 0.25) is 0 Å². The van der Waals surface area contributed by atoms with E-state index in [9.17, 15) is 30.8 Å². The molecule has 2 aromatic carbocycles. The maximum Gasteiger partial charge on any atom is 0.222 e. The van der Waals surface area contributed by atoms with Gasteiger partial charge in [-0.3, -0.25) is 0 Å². The second-order valence-corrected chi connectivity index (χ2v) is 8.14. The SMILES string of the molecule is N#Cc1ccc([C@@]2(O)O[C@H](CO)[C@@H](O)[C@H](O)[C@H]2O)cc1Cc1ccc(C2CC2)cc1.O. The molecule has 0 bridgehead atoms. The maximum absolute atomic E-state index is 11.0. The van der Waals surface area contributed by atoms with Crippen molar-refractivity contribution in [2.24, 2.45) is 0 Å². The molecule has 1 aliphatic carbocycles. The molecule has 8 heteroatoms. The Labute approximate surface area is 179 Å². The largest absolute Gasteiger partial charge is 0.412 e. The first-order valence-electron chi connectivity index (χ1n) is 10.0. The van der Waals surface area contributed by atoms with E-state index in [2.05, 4.69) is 18.2 Å². The summed E-state index contributed by atoms with van der Waals surface area (Å²) in [5, 5.41) is 60.4. The molecular weight excluding hydrogens is 402 g/mol. The van der Waals surface area contributed by atoms with Crippen LogP contribution in [0.5, 0.6) is 0 Å². The van der Waals surface area contributed by atoms with E-state index in [1.807, 2.05) is 12.1 Å². The van der Waals surface area contributed by atoms with E-state index in [1.54, 1.807) is 6.07 Å². The number of ether oxygens (including phenoxy) is 1. The van der Waals surface area contributed by atoms with E-state index >= 15 is 0 Å². The van der Waals surface area contributed by atoms with Gasteiger partial charge in [0.05, 0.1) is 18.2 Å². The minimum absolute atomic E-state index is 0. The number of nitrogens with zero attached hydrogens (tertiary/aromatic N) is 1. The Balaban J connectivity index is 0.00000272. The van der Waals surface area contributed by atoms with Gasteiger partial charge in [-0.1, -0.05) is 30.3 Å². The zero-order valence-corrected chi connectivity index (χ0v) is 16.8. The summed E-state index contributed by atoms with van der Waals surface area (Å²) in [7, 11) is 0. The molecule has 2 fully saturated rings. The van der Waals surface area contributed by atoms with Crippen LogP contribution < -0.4 is 0 Å². The third kappa shape index (κ3) is 4.35. The number of rotatable bonds is 5. The lowest BCUT2D eigenvalue weighted by molar-refractivity contribution is -0.357. The normalized spacial score (nSPS) is 30.3. The number of aliphatic hydroxyl groups is 5. The van der Waals surface area contributed by atoms with Crippen LogP contribution in [-0.4, -0.2) is 62.0 Å². The Morgan fingerprint density at radius 2 is 1.71 bits per heavy atom. The third-order valence-corrected chi connectivity index (χ3v) is 6.03. The molecule has 5 atom stereocenters. The summed E-state index contributed by atoms with van der Waals surface area (Å²) in [6.07, 6.45) is -3.51. The highest BCUT2D eigenvalue weighted by Crippen LogP contribution is 2.40. The summed E-state index contributed by atoms with van der Waals surface area (Å²) in [5.74, 6) is -1.69. The second kappa shape index (κ2) is 9.02. The average Bonchev–Trinajstić information content (AvgIpc) is 3.61. The van der Waals surface area contributed by atoms with Crippen molar-refractivity contribution in [1.82, 2.24) is 0 Å². The van der Waals surface area contributed by atoms with Gasteiger partial charge in [0.15, 0.2) is 0 Å². The summed E-state index contributed by atoms with van der Waals surface area (Å²) in [6, 6.07) is 14.8. The Morgan fingerprint density at radius 3 is 2.29 bits per heavy atom. The van der Waals surface area contributed by atoms with Gasteiger partial charge in [0.25, 0.3) is 0 Å². The molecule has 1 heterocycles. The molecule has 0 spiro atoms. The van der Waals surface area contributed by atoms with E-state index in [1.165, 1.54) is 30.5 Å². The van der Waals surface area contributed by atoms with Crippen LogP contribution in [0.4, 0.5) is 0 Å². The number of nitriles is 1. The van der Waals surface area contributed by atoms with Gasteiger partial charge in [-0.15, -0.1) is 0 Å². The number of hydrogen-bond acceptors (Lipinski definition) is 7. The maximum atomic E-state index is 11.0. The zero-order valence-electron chi connectivity index (χ0n) is 16.8. The molecule has 4 rings (SSSR count). The van der Waals surface area contributed by atoms with E-state index in [4.69, 9.17) is 4.74 Å². The molecule has 0 aromatic heterocycles. The van der Waals surface area contributed by atoms with Crippen molar-refractivity contribution in [2.75, 3.05) is 6.61 Å². The van der Waals surface area contributed by atoms with Crippen LogP contribution in [0, 0.1) is 11.3 Å². The van der Waals surface area contributed by atoms with Crippen LogP contribution in [0.3, 0.4) is 0 Å². The molecule has 1 saturated heterocycles. The van der Waals surface area contributed by atoms with Crippen molar-refractivity contribution >= 4 is 0 Å². The van der Waals surface area contributed by atoms with Gasteiger partial charge in [-0.05, 0) is 54.0 Å². The molecule has 1 aliphatic heterocycles. The molecule has 166 valence electrons. The first kappa shape index (κ1) is 23.3. The van der Waals surface area contributed by atoms with E-state index in [0.717, 1.165) is 5.56 Å². The zero-order chi connectivity index (χ0) is 21.5. The Bertz CT molecular complexity index is 951. The van der Waals surface area contributed by atoms with Crippen molar-refractivity contribution in [3.63, 3.8) is 0 Å². The summed E-state index contributed by atoms with van der Waals surface area (Å²) >= 11 is 0. The predicted molar refractivity (Wildman–Crippen MR) is 110 cm³/mol. The quantitative estimate of drug-likeness (QED) is 0.440. The minimum Gasteiger partial charge on any atom is -0.412 e. The van der Waals surface area contributed by atoms with Gasteiger partial charge in [-0.2, -0.15) is 5.26 Å². The highest BCUT2D eigenvalue weighted by Gasteiger charge is 2.53. The van der Waals surface area contributed by atoms with Gasteiger partial charge in [0.1, 0.15) is 24.4 Å². The Hall–Kier alpha value is -2.35. The third-order valence-electron chi connectivity index (χ3n) is 6.03. The highest BCUT2D eigenvalue weighted by molar-refractivity contribution is 5.45. The molecule has 0 radical (unpaired) electrons. The Kier molecular flexibility index (Phi) is 6.79. The molecule has 1 saturated carbocycles. The van der Waals surface area contributed by atoms with Crippen molar-refractivity contribution in [1.29, 1.82) is 5.26 Å². The first-order chi connectivity index (χ1) is 14.4. The van der Waals surface area contributed by atoms with Gasteiger partial charge >= 0.3 is 0 Å². The second-order valence-electron chi connectivity index (χ2n) is 8.14. The molecular formula is C23H27NO7. The summed E-state index contributed by atoms with van der Waals surface area (Å²) in [4.78, 5) is 0. The lowest BCUT2D eigenvalue weighted by atomic mass is 9.86. The predicted octanol–water partition coefficient (Wildman–Crippen LogP) is -0.179. The summed E-state index contributed by atoms with van der Waals surface area (Å²) in [6.45, 7) is -0.649. The topological polar surface area (TPSA) is 166 Å². The molecule has 2 aromatic rings. The van der Waals surface area contributed by atoms with Gasteiger partial charge in [0.2, 0.25) is 5.79 Å². The lowest BCUT2D eigenvalue weighted by Crippen LogP contribution is -2.63. The van der Waals surface area contributed by atoms with Gasteiger partial charge in [0, 0.05) is 5.56 Å². The summed E-state index contributed by atoms with van der Waals surface area (Å²) < 4.78 is 5.39. The summed E-state index contributed by atoms with van der Waals surface area (Å²) in [5.41, 5.74) is 3.47. The number of hydrogen-bond donors (Lipinski definition) is 5. The fraction of sp³-hybridized carbons (Fsp3) is 0.435. The van der Waals surface area contributed by atoms with Gasteiger partial charge < -0.3 is 35.7 Å². The first-order valence-corrected chi connectivity index (χ1v) is 10.0. The molecule has 7 N–H and O–H groups in total. The van der Waals surface area contributed by atoms with Gasteiger partial charge in [-0.25, -0.2) is 0 Å². The fourth-order valence-corrected chi connectivity index (χ4v) is 4.01. The van der Waals surface area contributed by atoms with Crippen LogP contribution in [-0.2, 0) is 16.9 Å². The van der Waals surface area contributed by atoms with Crippen molar-refractivity contribution in [2.45, 2.75) is 55.4 Å². The minimum atomic E-state index is -2.34. The molecule has 8 nitrogen and oxygen atoms in total. The van der Waals surface area contributed by atoms with Crippen molar-refractivity contribution < 1.29 is 35.7 Å². The van der Waals surface area contributed by atoms with Crippen molar-refractivity contribution in [3.8, 4) is 6.07 Å². The smallest absolute Gasteiger partial charge is 0.222 e. The molecule has 0 unspecified atom stereocenters. The number of aliphatic hydroxyl groups excluding tert-OH is 4. The monoisotopic (exact) mass is 429 g/mol. The van der Waals surface area contributed by atoms with Crippen LogP contribution in [0.15, 0.2) is 42.5 Å². The van der Waals surface area contributed by atoms with E-state index in [0.29, 0.717) is 23.5 Å².